The van der Waals surface area contributed by atoms with E-state index in [2.05, 4.69) is 5.32 Å². The normalized spacial score (nSPS) is 17.8. The minimum absolute atomic E-state index is 0.00905. The highest BCUT2D eigenvalue weighted by Crippen LogP contribution is 2.34. The number of ether oxygens (including phenoxy) is 1. The molecule has 1 N–H and O–H groups in total. The molecule has 28 heavy (non-hydrogen) atoms. The molecule has 1 amide bonds. The smallest absolute Gasteiger partial charge is 0.338 e. The summed E-state index contributed by atoms with van der Waals surface area (Å²) in [7, 11) is -3.95. The predicted octanol–water partition coefficient (Wildman–Crippen LogP) is 1.89. The Morgan fingerprint density at radius 3 is 2.46 bits per heavy atom. The Balaban J connectivity index is 1.63. The highest BCUT2D eigenvalue weighted by atomic mass is 32.2. The van der Waals surface area contributed by atoms with E-state index in [0.29, 0.717) is 0 Å². The van der Waals surface area contributed by atoms with Gasteiger partial charge in [0.1, 0.15) is 0 Å². The monoisotopic (exact) mass is 399 g/mol. The van der Waals surface area contributed by atoms with Crippen molar-refractivity contribution in [3.05, 3.63) is 59.2 Å². The molecular formula is C20H17NO6S. The average molecular weight is 399 g/mol. The summed E-state index contributed by atoms with van der Waals surface area (Å²) < 4.78 is 31.0. The maximum absolute atomic E-state index is 12.9. The SMILES string of the molecule is C[C@H](OC(=O)c1ccc2c(c1)S(=O)(=O)c1ccccc1C2=O)C(=O)NC1CC1. The Morgan fingerprint density at radius 2 is 1.75 bits per heavy atom. The second kappa shape index (κ2) is 6.56. The lowest BCUT2D eigenvalue weighted by atomic mass is 10.0. The van der Waals surface area contributed by atoms with Crippen LogP contribution in [0.4, 0.5) is 0 Å². The van der Waals surface area contributed by atoms with Gasteiger partial charge in [0.15, 0.2) is 11.9 Å². The minimum Gasteiger partial charge on any atom is -0.449 e. The Hall–Kier alpha value is -3.00. The topological polar surface area (TPSA) is 107 Å². The van der Waals surface area contributed by atoms with Crippen LogP contribution in [-0.2, 0) is 19.4 Å². The molecule has 1 atom stereocenters. The summed E-state index contributed by atoms with van der Waals surface area (Å²) in [5, 5.41) is 2.73. The summed E-state index contributed by atoms with van der Waals surface area (Å²) in [6.45, 7) is 1.45. The maximum atomic E-state index is 12.9. The van der Waals surface area contributed by atoms with Crippen LogP contribution in [0.3, 0.4) is 0 Å². The molecule has 2 aromatic carbocycles. The van der Waals surface area contributed by atoms with E-state index in [9.17, 15) is 22.8 Å². The van der Waals surface area contributed by atoms with Gasteiger partial charge in [0.2, 0.25) is 9.84 Å². The van der Waals surface area contributed by atoms with Crippen molar-refractivity contribution in [2.45, 2.75) is 41.7 Å². The van der Waals surface area contributed by atoms with Gasteiger partial charge in [-0.3, -0.25) is 9.59 Å². The van der Waals surface area contributed by atoms with Crippen molar-refractivity contribution >= 4 is 27.5 Å². The largest absolute Gasteiger partial charge is 0.449 e. The molecule has 0 unspecified atom stereocenters. The molecule has 0 bridgehead atoms. The van der Waals surface area contributed by atoms with E-state index in [1.54, 1.807) is 6.07 Å². The van der Waals surface area contributed by atoms with Gasteiger partial charge in [-0.25, -0.2) is 13.2 Å². The van der Waals surface area contributed by atoms with Crippen LogP contribution in [0, 0.1) is 0 Å². The lowest BCUT2D eigenvalue weighted by molar-refractivity contribution is -0.129. The van der Waals surface area contributed by atoms with Crippen LogP contribution < -0.4 is 5.32 Å². The van der Waals surface area contributed by atoms with E-state index in [0.717, 1.165) is 18.9 Å². The Morgan fingerprint density at radius 1 is 1.07 bits per heavy atom. The highest BCUT2D eigenvalue weighted by Gasteiger charge is 2.35. The number of carbonyl (C=O) groups excluding carboxylic acids is 3. The molecule has 4 rings (SSSR count). The number of carbonyl (C=O) groups is 3. The minimum atomic E-state index is -3.95. The predicted molar refractivity (Wildman–Crippen MR) is 97.8 cm³/mol. The summed E-state index contributed by atoms with van der Waals surface area (Å²) >= 11 is 0. The van der Waals surface area contributed by atoms with Crippen molar-refractivity contribution in [1.29, 1.82) is 0 Å². The summed E-state index contributed by atoms with van der Waals surface area (Å²) in [5.41, 5.74) is 0.0750. The molecule has 2 aromatic rings. The first-order valence-electron chi connectivity index (χ1n) is 8.83. The lowest BCUT2D eigenvalue weighted by Crippen LogP contribution is -2.37. The quantitative estimate of drug-likeness (QED) is 0.672. The van der Waals surface area contributed by atoms with E-state index in [4.69, 9.17) is 4.74 Å². The number of amides is 1. The van der Waals surface area contributed by atoms with E-state index in [1.807, 2.05) is 0 Å². The number of nitrogens with one attached hydrogen (secondary N) is 1. The first-order chi connectivity index (χ1) is 13.3. The second-order valence-corrected chi connectivity index (χ2v) is 8.76. The van der Waals surface area contributed by atoms with Gasteiger partial charge >= 0.3 is 5.97 Å². The number of esters is 1. The average Bonchev–Trinajstić information content (AvgIpc) is 3.50. The van der Waals surface area contributed by atoms with Crippen molar-refractivity contribution in [1.82, 2.24) is 5.32 Å². The number of benzene rings is 2. The number of fused-ring (bicyclic) bond motifs is 2. The number of hydrogen-bond acceptors (Lipinski definition) is 6. The van der Waals surface area contributed by atoms with Crippen LogP contribution in [-0.4, -0.2) is 38.2 Å². The van der Waals surface area contributed by atoms with Gasteiger partial charge < -0.3 is 10.1 Å². The molecule has 1 saturated carbocycles. The fourth-order valence-corrected chi connectivity index (χ4v) is 4.72. The molecular weight excluding hydrogens is 382 g/mol. The Bertz CT molecular complexity index is 1120. The van der Waals surface area contributed by atoms with Crippen molar-refractivity contribution in [3.63, 3.8) is 0 Å². The third-order valence-electron chi connectivity index (χ3n) is 4.75. The first-order valence-corrected chi connectivity index (χ1v) is 10.3. The summed E-state index contributed by atoms with van der Waals surface area (Å²) in [4.78, 5) is 36.6. The van der Waals surface area contributed by atoms with Crippen molar-refractivity contribution in [2.75, 3.05) is 0 Å². The number of rotatable bonds is 4. The maximum Gasteiger partial charge on any atom is 0.338 e. The molecule has 7 nitrogen and oxygen atoms in total. The van der Waals surface area contributed by atoms with Gasteiger partial charge in [-0.1, -0.05) is 12.1 Å². The molecule has 0 saturated heterocycles. The van der Waals surface area contributed by atoms with Gasteiger partial charge in [-0.2, -0.15) is 0 Å². The van der Waals surface area contributed by atoms with Crippen LogP contribution in [0.25, 0.3) is 0 Å². The van der Waals surface area contributed by atoms with E-state index < -0.39 is 33.6 Å². The first kappa shape index (κ1) is 18.4. The lowest BCUT2D eigenvalue weighted by Gasteiger charge is -2.19. The van der Waals surface area contributed by atoms with Crippen LogP contribution in [0.1, 0.15) is 46.0 Å². The zero-order valence-corrected chi connectivity index (χ0v) is 15.8. The van der Waals surface area contributed by atoms with Gasteiger partial charge in [-0.15, -0.1) is 0 Å². The molecule has 1 fully saturated rings. The van der Waals surface area contributed by atoms with E-state index >= 15 is 0 Å². The zero-order chi connectivity index (χ0) is 20.1. The second-order valence-electron chi connectivity index (χ2n) is 6.87. The third kappa shape index (κ3) is 3.09. The number of ketones is 1. The van der Waals surface area contributed by atoms with Crippen molar-refractivity contribution in [2.24, 2.45) is 0 Å². The summed E-state index contributed by atoms with van der Waals surface area (Å²) in [5.74, 6) is -1.65. The molecule has 1 aliphatic carbocycles. The van der Waals surface area contributed by atoms with Gasteiger partial charge in [-0.05, 0) is 50.1 Å². The van der Waals surface area contributed by atoms with Crippen molar-refractivity contribution in [3.8, 4) is 0 Å². The van der Waals surface area contributed by atoms with Crippen molar-refractivity contribution < 1.29 is 27.5 Å². The van der Waals surface area contributed by atoms with E-state index in [-0.39, 0.29) is 32.5 Å². The van der Waals surface area contributed by atoms with Gasteiger partial charge in [0.25, 0.3) is 5.91 Å². The zero-order valence-electron chi connectivity index (χ0n) is 15.0. The molecule has 1 heterocycles. The molecule has 0 radical (unpaired) electrons. The standard InChI is InChI=1S/C20H17NO6S/c1-11(19(23)21-13-7-8-13)27-20(24)12-6-9-15-17(10-12)28(25,26)16-5-3-2-4-14(16)18(15)22/h2-6,9-11,13H,7-8H2,1H3,(H,21,23)/t11-/m0/s1. The van der Waals surface area contributed by atoms with E-state index in [1.165, 1.54) is 37.3 Å². The molecule has 0 aromatic heterocycles. The number of hydrogen-bond donors (Lipinski definition) is 1. The molecule has 2 aliphatic rings. The number of sulfone groups is 1. The fraction of sp³-hybridized carbons (Fsp3) is 0.250. The van der Waals surface area contributed by atoms with Crippen LogP contribution in [0.5, 0.6) is 0 Å². The fourth-order valence-electron chi connectivity index (χ4n) is 3.04. The molecule has 8 heteroatoms. The van der Waals surface area contributed by atoms with Crippen LogP contribution in [0.15, 0.2) is 52.3 Å². The van der Waals surface area contributed by atoms with Gasteiger partial charge in [0, 0.05) is 17.2 Å². The van der Waals surface area contributed by atoms with Crippen LogP contribution >= 0.6 is 0 Å². The summed E-state index contributed by atoms with van der Waals surface area (Å²) in [6, 6.07) is 9.84. The summed E-state index contributed by atoms with van der Waals surface area (Å²) in [6.07, 6.45) is 0.804. The van der Waals surface area contributed by atoms with Gasteiger partial charge in [0.05, 0.1) is 15.4 Å². The molecule has 1 aliphatic heterocycles. The molecule has 144 valence electrons. The highest BCUT2D eigenvalue weighted by molar-refractivity contribution is 7.91. The third-order valence-corrected chi connectivity index (χ3v) is 6.60. The van der Waals surface area contributed by atoms with Crippen LogP contribution in [0.2, 0.25) is 0 Å². The Kier molecular flexibility index (Phi) is 4.30. The Labute approximate surface area is 161 Å². The molecule has 0 spiro atoms.